The summed E-state index contributed by atoms with van der Waals surface area (Å²) < 4.78 is 5.28. The Morgan fingerprint density at radius 3 is 2.54 bits per heavy atom. The lowest BCUT2D eigenvalue weighted by molar-refractivity contribution is -0.125. The number of benzene rings is 2. The van der Waals surface area contributed by atoms with Gasteiger partial charge in [-0.2, -0.15) is 0 Å². The van der Waals surface area contributed by atoms with Crippen LogP contribution in [0.1, 0.15) is 23.1 Å². The largest absolute Gasteiger partial charge is 0.495 e. The van der Waals surface area contributed by atoms with Crippen molar-refractivity contribution in [3.05, 3.63) is 59.2 Å². The molecule has 26 heavy (non-hydrogen) atoms. The molecule has 0 radical (unpaired) electrons. The van der Waals surface area contributed by atoms with Crippen LogP contribution in [0.5, 0.6) is 5.75 Å². The number of ether oxygens (including phenoxy) is 1. The summed E-state index contributed by atoms with van der Waals surface area (Å²) in [5.74, 6) is -0.119. The van der Waals surface area contributed by atoms with Crippen molar-refractivity contribution in [2.24, 2.45) is 11.8 Å². The van der Waals surface area contributed by atoms with E-state index in [4.69, 9.17) is 4.74 Å². The van der Waals surface area contributed by atoms with Gasteiger partial charge in [-0.05, 0) is 49.1 Å². The number of carbonyl (C=O) groups is 2. The van der Waals surface area contributed by atoms with Gasteiger partial charge in [-0.25, -0.2) is 0 Å². The minimum Gasteiger partial charge on any atom is -0.495 e. The molecular weight excluding hydrogens is 328 g/mol. The topological polar surface area (TPSA) is 67.4 Å². The quantitative estimate of drug-likeness (QED) is 0.839. The number of nitrogens with one attached hydrogen (secondary N) is 2. The first-order valence-electron chi connectivity index (χ1n) is 8.77. The van der Waals surface area contributed by atoms with Crippen LogP contribution in [0.25, 0.3) is 0 Å². The molecule has 2 aromatic rings. The molecule has 0 saturated heterocycles. The van der Waals surface area contributed by atoms with Gasteiger partial charge in [0.15, 0.2) is 0 Å². The Bertz CT molecular complexity index is 832. The summed E-state index contributed by atoms with van der Waals surface area (Å²) in [6.45, 7) is 4.46. The van der Waals surface area contributed by atoms with Gasteiger partial charge in [0.2, 0.25) is 11.8 Å². The molecule has 2 aromatic carbocycles. The van der Waals surface area contributed by atoms with Crippen molar-refractivity contribution < 1.29 is 14.3 Å². The molecule has 0 aromatic heterocycles. The maximum absolute atomic E-state index is 12.5. The second-order valence-electron chi connectivity index (χ2n) is 6.79. The fourth-order valence-corrected chi connectivity index (χ4v) is 3.04. The molecule has 2 atom stereocenters. The van der Waals surface area contributed by atoms with Crippen molar-refractivity contribution in [3.63, 3.8) is 0 Å². The second kappa shape index (κ2) is 7.60. The number of aryl methyl sites for hydroxylation is 2. The van der Waals surface area contributed by atoms with Gasteiger partial charge in [0.1, 0.15) is 5.75 Å². The highest BCUT2D eigenvalue weighted by Gasteiger charge is 2.48. The van der Waals surface area contributed by atoms with Crippen LogP contribution in [0, 0.1) is 25.7 Å². The number of amides is 2. The Kier molecular flexibility index (Phi) is 5.26. The molecule has 5 heteroatoms. The van der Waals surface area contributed by atoms with Crippen LogP contribution in [0.4, 0.5) is 5.69 Å². The average Bonchev–Trinajstić information content (AvgIpc) is 3.42. The lowest BCUT2D eigenvalue weighted by Crippen LogP contribution is -2.27. The average molecular weight is 352 g/mol. The third kappa shape index (κ3) is 4.04. The van der Waals surface area contributed by atoms with Crippen molar-refractivity contribution in [3.8, 4) is 5.75 Å². The normalized spacial score (nSPS) is 18.1. The van der Waals surface area contributed by atoms with E-state index in [-0.39, 0.29) is 23.7 Å². The first kappa shape index (κ1) is 18.0. The number of methoxy groups -OCH3 is 1. The predicted octanol–water partition coefficient (Wildman–Crippen LogP) is 3.20. The lowest BCUT2D eigenvalue weighted by Gasteiger charge is -2.11. The molecule has 1 saturated carbocycles. The monoisotopic (exact) mass is 352 g/mol. The fraction of sp³-hybridized carbons (Fsp3) is 0.333. The zero-order valence-corrected chi connectivity index (χ0v) is 15.3. The zero-order valence-electron chi connectivity index (χ0n) is 15.3. The predicted molar refractivity (Wildman–Crippen MR) is 101 cm³/mol. The van der Waals surface area contributed by atoms with Crippen molar-refractivity contribution in [2.75, 3.05) is 12.4 Å². The molecule has 1 fully saturated rings. The number of hydrogen-bond donors (Lipinski definition) is 2. The van der Waals surface area contributed by atoms with Gasteiger partial charge < -0.3 is 15.4 Å². The van der Waals surface area contributed by atoms with Crippen LogP contribution in [0.3, 0.4) is 0 Å². The van der Waals surface area contributed by atoms with E-state index in [1.165, 1.54) is 0 Å². The van der Waals surface area contributed by atoms with Gasteiger partial charge in [0.25, 0.3) is 0 Å². The SMILES string of the molecule is COc1ccc(C)cc1NC(=O)C1CC1C(=O)NCc1ccccc1C. The maximum atomic E-state index is 12.5. The van der Waals surface area contributed by atoms with Crippen LogP contribution >= 0.6 is 0 Å². The molecule has 1 aliphatic carbocycles. The molecule has 3 rings (SSSR count). The summed E-state index contributed by atoms with van der Waals surface area (Å²) in [6.07, 6.45) is 0.583. The van der Waals surface area contributed by atoms with E-state index in [0.717, 1.165) is 16.7 Å². The fourth-order valence-electron chi connectivity index (χ4n) is 3.04. The smallest absolute Gasteiger partial charge is 0.228 e. The Labute approximate surface area is 153 Å². The Balaban J connectivity index is 1.55. The number of anilines is 1. The summed E-state index contributed by atoms with van der Waals surface area (Å²) in [7, 11) is 1.57. The van der Waals surface area contributed by atoms with E-state index < -0.39 is 0 Å². The standard InChI is InChI=1S/C21H24N2O3/c1-13-8-9-19(26-3)18(10-13)23-21(25)17-11-16(17)20(24)22-12-15-7-5-4-6-14(15)2/h4-10,16-17H,11-12H2,1-3H3,(H,22,24)(H,23,25). The van der Waals surface area contributed by atoms with Gasteiger partial charge in [0.05, 0.1) is 24.6 Å². The van der Waals surface area contributed by atoms with E-state index in [1.807, 2.05) is 56.3 Å². The molecule has 2 unspecified atom stereocenters. The second-order valence-corrected chi connectivity index (χ2v) is 6.79. The summed E-state index contributed by atoms with van der Waals surface area (Å²) in [6, 6.07) is 13.6. The number of carbonyl (C=O) groups excluding carboxylic acids is 2. The van der Waals surface area contributed by atoms with E-state index in [1.54, 1.807) is 7.11 Å². The Morgan fingerprint density at radius 2 is 1.81 bits per heavy atom. The van der Waals surface area contributed by atoms with Crippen LogP contribution in [-0.4, -0.2) is 18.9 Å². The van der Waals surface area contributed by atoms with Crippen molar-refractivity contribution in [1.82, 2.24) is 5.32 Å². The van der Waals surface area contributed by atoms with Crippen LogP contribution in [0.15, 0.2) is 42.5 Å². The molecule has 1 aliphatic rings. The number of rotatable bonds is 6. The Hall–Kier alpha value is -2.82. The van der Waals surface area contributed by atoms with Gasteiger partial charge >= 0.3 is 0 Å². The number of hydrogen-bond acceptors (Lipinski definition) is 3. The van der Waals surface area contributed by atoms with Gasteiger partial charge in [0, 0.05) is 6.54 Å². The molecule has 2 amide bonds. The van der Waals surface area contributed by atoms with Gasteiger partial charge in [-0.3, -0.25) is 9.59 Å². The summed E-state index contributed by atoms with van der Waals surface area (Å²) in [5, 5.41) is 5.83. The summed E-state index contributed by atoms with van der Waals surface area (Å²) in [4.78, 5) is 24.8. The lowest BCUT2D eigenvalue weighted by atomic mass is 10.1. The molecule has 136 valence electrons. The molecule has 0 bridgehead atoms. The van der Waals surface area contributed by atoms with E-state index in [0.29, 0.717) is 24.4 Å². The first-order chi connectivity index (χ1) is 12.5. The highest BCUT2D eigenvalue weighted by Crippen LogP contribution is 2.40. The molecule has 2 N–H and O–H groups in total. The highest BCUT2D eigenvalue weighted by molar-refractivity contribution is 6.00. The van der Waals surface area contributed by atoms with E-state index in [2.05, 4.69) is 10.6 Å². The highest BCUT2D eigenvalue weighted by atomic mass is 16.5. The molecule has 0 heterocycles. The van der Waals surface area contributed by atoms with Crippen LogP contribution in [0.2, 0.25) is 0 Å². The van der Waals surface area contributed by atoms with Crippen molar-refractivity contribution in [2.45, 2.75) is 26.8 Å². The van der Waals surface area contributed by atoms with E-state index in [9.17, 15) is 9.59 Å². The van der Waals surface area contributed by atoms with Gasteiger partial charge in [-0.15, -0.1) is 0 Å². The minimum absolute atomic E-state index is 0.0652. The molecule has 0 spiro atoms. The third-order valence-electron chi connectivity index (χ3n) is 4.79. The Morgan fingerprint density at radius 1 is 1.08 bits per heavy atom. The van der Waals surface area contributed by atoms with Crippen LogP contribution in [-0.2, 0) is 16.1 Å². The third-order valence-corrected chi connectivity index (χ3v) is 4.79. The molecule has 0 aliphatic heterocycles. The van der Waals surface area contributed by atoms with Crippen molar-refractivity contribution in [1.29, 1.82) is 0 Å². The summed E-state index contributed by atoms with van der Waals surface area (Å²) in [5.41, 5.74) is 3.91. The summed E-state index contributed by atoms with van der Waals surface area (Å²) >= 11 is 0. The molecular formula is C21H24N2O3. The maximum Gasteiger partial charge on any atom is 0.228 e. The van der Waals surface area contributed by atoms with Crippen molar-refractivity contribution >= 4 is 17.5 Å². The van der Waals surface area contributed by atoms with E-state index >= 15 is 0 Å². The van der Waals surface area contributed by atoms with Gasteiger partial charge in [-0.1, -0.05) is 30.3 Å². The molecule has 5 nitrogen and oxygen atoms in total. The first-order valence-corrected chi connectivity index (χ1v) is 8.77. The minimum atomic E-state index is -0.280. The zero-order chi connectivity index (χ0) is 18.7. The van der Waals surface area contributed by atoms with Crippen LogP contribution < -0.4 is 15.4 Å².